The summed E-state index contributed by atoms with van der Waals surface area (Å²) in [4.78, 5) is 19.1. The monoisotopic (exact) mass is 343 g/mol. The Kier molecular flexibility index (Phi) is 5.47. The molecule has 2 aromatic rings. The maximum Gasteiger partial charge on any atom is 0.241 e. The van der Waals surface area contributed by atoms with Gasteiger partial charge in [0.25, 0.3) is 0 Å². The number of ether oxygens (including phenoxy) is 1. The van der Waals surface area contributed by atoms with Gasteiger partial charge in [0.15, 0.2) is 0 Å². The number of nitrogens with one attached hydrogen (secondary N) is 2. The molecule has 3 unspecified atom stereocenters. The fraction of sp³-hybridized carbons (Fsp3) is 0.444. The molecule has 2 N–H and O–H groups in total. The van der Waals surface area contributed by atoms with Gasteiger partial charge in [0.05, 0.1) is 24.4 Å². The average Bonchev–Trinajstić information content (AvgIpc) is 3.28. The highest BCUT2D eigenvalue weighted by atomic mass is 16.5. The van der Waals surface area contributed by atoms with Crippen molar-refractivity contribution in [1.82, 2.24) is 25.3 Å². The Morgan fingerprint density at radius 2 is 2.24 bits per heavy atom. The van der Waals surface area contributed by atoms with Crippen LogP contribution in [0.5, 0.6) is 0 Å². The topological polar surface area (TPSA) is 71.4 Å². The zero-order chi connectivity index (χ0) is 17.8. The van der Waals surface area contributed by atoms with Crippen molar-refractivity contribution in [3.05, 3.63) is 54.1 Å². The third-order valence-corrected chi connectivity index (χ3v) is 4.71. The maximum atomic E-state index is 13.0. The standard InChI is InChI=1S/C18H25N5O2/c1-22-10-6-8-16(22)14-11-15(21-20-14)18(24)23(2)17(12-25-3)13-7-4-5-9-19-13/h4-10,14-15,17,20-21H,11-12H2,1-3H3. The highest BCUT2D eigenvalue weighted by molar-refractivity contribution is 5.82. The smallest absolute Gasteiger partial charge is 0.241 e. The lowest BCUT2D eigenvalue weighted by Gasteiger charge is -2.29. The van der Waals surface area contributed by atoms with E-state index in [0.29, 0.717) is 13.0 Å². The van der Waals surface area contributed by atoms with Gasteiger partial charge >= 0.3 is 0 Å². The van der Waals surface area contributed by atoms with E-state index in [0.717, 1.165) is 11.4 Å². The minimum Gasteiger partial charge on any atom is -0.382 e. The molecule has 0 aromatic carbocycles. The molecule has 2 aromatic heterocycles. The summed E-state index contributed by atoms with van der Waals surface area (Å²) in [5, 5.41) is 0. The van der Waals surface area contributed by atoms with Crippen molar-refractivity contribution >= 4 is 5.91 Å². The minimum absolute atomic E-state index is 0.0249. The van der Waals surface area contributed by atoms with Crippen LogP contribution in [0.1, 0.15) is 29.9 Å². The maximum absolute atomic E-state index is 13.0. The molecule has 7 nitrogen and oxygen atoms in total. The van der Waals surface area contributed by atoms with E-state index >= 15 is 0 Å². The number of likely N-dealkylation sites (N-methyl/N-ethyl adjacent to an activating group) is 1. The number of pyridine rings is 1. The van der Waals surface area contributed by atoms with Crippen molar-refractivity contribution in [3.8, 4) is 0 Å². The normalized spacial score (nSPS) is 21.2. The molecule has 1 amide bonds. The summed E-state index contributed by atoms with van der Waals surface area (Å²) in [5.74, 6) is 0.0249. The Hall–Kier alpha value is -2.22. The number of aryl methyl sites for hydroxylation is 1. The van der Waals surface area contributed by atoms with Crippen LogP contribution in [-0.2, 0) is 16.6 Å². The molecule has 1 aliphatic rings. The number of aromatic nitrogens is 2. The van der Waals surface area contributed by atoms with Gasteiger partial charge in [0, 0.05) is 39.3 Å². The summed E-state index contributed by atoms with van der Waals surface area (Å²) in [7, 11) is 5.45. The average molecular weight is 343 g/mol. The molecule has 134 valence electrons. The Balaban J connectivity index is 1.70. The first-order valence-electron chi connectivity index (χ1n) is 8.40. The molecule has 1 fully saturated rings. The van der Waals surface area contributed by atoms with Crippen molar-refractivity contribution in [3.63, 3.8) is 0 Å². The molecule has 1 saturated heterocycles. The van der Waals surface area contributed by atoms with Crippen LogP contribution < -0.4 is 10.9 Å². The van der Waals surface area contributed by atoms with Gasteiger partial charge in [0.2, 0.25) is 5.91 Å². The summed E-state index contributed by atoms with van der Waals surface area (Å²) in [6.07, 6.45) is 4.44. The van der Waals surface area contributed by atoms with Crippen molar-refractivity contribution < 1.29 is 9.53 Å². The molecule has 0 bridgehead atoms. The first-order chi connectivity index (χ1) is 12.1. The van der Waals surface area contributed by atoms with Gasteiger partial charge in [-0.2, -0.15) is 0 Å². The molecule has 25 heavy (non-hydrogen) atoms. The molecule has 7 heteroatoms. The van der Waals surface area contributed by atoms with Crippen LogP contribution in [0.4, 0.5) is 0 Å². The zero-order valence-corrected chi connectivity index (χ0v) is 14.8. The molecule has 0 spiro atoms. The van der Waals surface area contributed by atoms with Crippen LogP contribution in [-0.4, -0.2) is 47.2 Å². The number of hydrogen-bond donors (Lipinski definition) is 2. The molecular weight excluding hydrogens is 318 g/mol. The van der Waals surface area contributed by atoms with E-state index in [9.17, 15) is 4.79 Å². The highest BCUT2D eigenvalue weighted by Gasteiger charge is 2.35. The minimum atomic E-state index is -0.284. The lowest BCUT2D eigenvalue weighted by atomic mass is 10.1. The lowest BCUT2D eigenvalue weighted by Crippen LogP contribution is -2.46. The first-order valence-corrected chi connectivity index (χ1v) is 8.40. The van der Waals surface area contributed by atoms with E-state index in [-0.39, 0.29) is 24.0 Å². The fourth-order valence-electron chi connectivity index (χ4n) is 3.27. The fourth-order valence-corrected chi connectivity index (χ4v) is 3.27. The number of carbonyl (C=O) groups is 1. The Labute approximate surface area is 148 Å². The van der Waals surface area contributed by atoms with Crippen LogP contribution in [0.2, 0.25) is 0 Å². The second kappa shape index (κ2) is 7.77. The van der Waals surface area contributed by atoms with Gasteiger partial charge in [-0.3, -0.25) is 9.78 Å². The summed E-state index contributed by atoms with van der Waals surface area (Å²) >= 11 is 0. The Morgan fingerprint density at radius 3 is 2.88 bits per heavy atom. The van der Waals surface area contributed by atoms with E-state index in [2.05, 4.69) is 26.5 Å². The Bertz CT molecular complexity index is 703. The number of hydrazine groups is 1. The van der Waals surface area contributed by atoms with Crippen LogP contribution >= 0.6 is 0 Å². The molecule has 3 atom stereocenters. The molecule has 0 radical (unpaired) electrons. The Morgan fingerprint density at radius 1 is 1.40 bits per heavy atom. The highest BCUT2D eigenvalue weighted by Crippen LogP contribution is 2.25. The van der Waals surface area contributed by atoms with Crippen LogP contribution in [0, 0.1) is 0 Å². The first kappa shape index (κ1) is 17.6. The largest absolute Gasteiger partial charge is 0.382 e. The second-order valence-corrected chi connectivity index (χ2v) is 6.35. The van der Waals surface area contributed by atoms with Crippen molar-refractivity contribution in [2.45, 2.75) is 24.5 Å². The van der Waals surface area contributed by atoms with Gasteiger partial charge in [-0.15, -0.1) is 0 Å². The van der Waals surface area contributed by atoms with E-state index < -0.39 is 0 Å². The number of rotatable bonds is 6. The summed E-state index contributed by atoms with van der Waals surface area (Å²) in [6, 6.07) is 9.39. The predicted molar refractivity (Wildman–Crippen MR) is 94.5 cm³/mol. The van der Waals surface area contributed by atoms with Crippen molar-refractivity contribution in [2.24, 2.45) is 7.05 Å². The van der Waals surface area contributed by atoms with E-state index in [1.807, 2.05) is 37.5 Å². The summed E-state index contributed by atoms with van der Waals surface area (Å²) in [6.45, 7) is 0.403. The molecule has 0 aliphatic carbocycles. The van der Waals surface area contributed by atoms with Gasteiger partial charge in [-0.1, -0.05) is 6.07 Å². The number of methoxy groups -OCH3 is 1. The summed E-state index contributed by atoms with van der Waals surface area (Å²) in [5.41, 5.74) is 8.35. The number of amides is 1. The van der Waals surface area contributed by atoms with E-state index in [1.54, 1.807) is 25.3 Å². The van der Waals surface area contributed by atoms with Crippen LogP contribution in [0.3, 0.4) is 0 Å². The van der Waals surface area contributed by atoms with E-state index in [4.69, 9.17) is 4.74 Å². The number of carbonyl (C=O) groups excluding carboxylic acids is 1. The summed E-state index contributed by atoms with van der Waals surface area (Å²) < 4.78 is 7.38. The molecule has 1 aliphatic heterocycles. The van der Waals surface area contributed by atoms with Gasteiger partial charge < -0.3 is 14.2 Å². The lowest BCUT2D eigenvalue weighted by molar-refractivity contribution is -0.135. The van der Waals surface area contributed by atoms with Gasteiger partial charge in [0.1, 0.15) is 6.04 Å². The number of nitrogens with zero attached hydrogens (tertiary/aromatic N) is 3. The van der Waals surface area contributed by atoms with Crippen molar-refractivity contribution in [1.29, 1.82) is 0 Å². The van der Waals surface area contributed by atoms with Crippen LogP contribution in [0.25, 0.3) is 0 Å². The SMILES string of the molecule is COCC(c1ccccn1)N(C)C(=O)C1CC(c2cccn2C)NN1. The van der Waals surface area contributed by atoms with E-state index in [1.165, 1.54) is 0 Å². The quantitative estimate of drug-likeness (QED) is 0.824. The van der Waals surface area contributed by atoms with Gasteiger partial charge in [-0.25, -0.2) is 10.9 Å². The molecule has 3 heterocycles. The zero-order valence-electron chi connectivity index (χ0n) is 14.8. The van der Waals surface area contributed by atoms with Gasteiger partial charge in [-0.05, 0) is 30.7 Å². The van der Waals surface area contributed by atoms with Crippen LogP contribution in [0.15, 0.2) is 42.7 Å². The molecule has 3 rings (SSSR count). The molecule has 0 saturated carbocycles. The van der Waals surface area contributed by atoms with Crippen molar-refractivity contribution in [2.75, 3.05) is 20.8 Å². The number of hydrogen-bond acceptors (Lipinski definition) is 5. The third-order valence-electron chi connectivity index (χ3n) is 4.71. The molecular formula is C18H25N5O2. The second-order valence-electron chi connectivity index (χ2n) is 6.35. The predicted octanol–water partition coefficient (Wildman–Crippen LogP) is 1.17. The third kappa shape index (κ3) is 3.73.